The van der Waals surface area contributed by atoms with E-state index in [2.05, 4.69) is 4.98 Å². The summed E-state index contributed by atoms with van der Waals surface area (Å²) in [4.78, 5) is 37.4. The highest BCUT2D eigenvalue weighted by Crippen LogP contribution is 2.39. The van der Waals surface area contributed by atoms with Crippen LogP contribution in [0.25, 0.3) is 22.0 Å². The molecule has 0 bridgehead atoms. The van der Waals surface area contributed by atoms with Gasteiger partial charge in [0.15, 0.2) is 6.61 Å². The van der Waals surface area contributed by atoms with Gasteiger partial charge in [0, 0.05) is 16.6 Å². The maximum absolute atomic E-state index is 12.9. The van der Waals surface area contributed by atoms with Crippen LogP contribution in [0.15, 0.2) is 72.9 Å². The van der Waals surface area contributed by atoms with Crippen LogP contribution < -0.4 is 9.64 Å². The van der Waals surface area contributed by atoms with Crippen molar-refractivity contribution in [2.45, 2.75) is 26.5 Å². The minimum Gasteiger partial charge on any atom is -0.482 e. The summed E-state index contributed by atoms with van der Waals surface area (Å²) in [5, 5.41) is 0.817. The number of anilines is 1. The Balaban J connectivity index is 1.43. The fraction of sp³-hybridized carbons (Fsp3) is 0.185. The molecule has 1 unspecified atom stereocenters. The van der Waals surface area contributed by atoms with Gasteiger partial charge in [0.1, 0.15) is 23.4 Å². The first-order valence-corrected chi connectivity index (χ1v) is 12.0. The summed E-state index contributed by atoms with van der Waals surface area (Å²) in [5.41, 5.74) is 3.84. The Bertz CT molecular complexity index is 1370. The third kappa shape index (κ3) is 4.65. The molecule has 8 heteroatoms. The zero-order chi connectivity index (χ0) is 24.4. The number of carbonyl (C=O) groups is 2. The maximum Gasteiger partial charge on any atom is 0.329 e. The first-order valence-electron chi connectivity index (χ1n) is 11.2. The molecule has 2 aromatic heterocycles. The number of amides is 1. The number of fused-ring (bicyclic) bond motifs is 1. The average molecular weight is 486 g/mol. The van der Waals surface area contributed by atoms with Gasteiger partial charge in [-0.1, -0.05) is 36.4 Å². The van der Waals surface area contributed by atoms with Crippen LogP contribution in [-0.4, -0.2) is 34.5 Å². The predicted molar refractivity (Wildman–Crippen MR) is 134 cm³/mol. The molecule has 1 atom stereocenters. The van der Waals surface area contributed by atoms with Gasteiger partial charge in [0.25, 0.3) is 5.91 Å². The topological polar surface area (TPSA) is 81.6 Å². The van der Waals surface area contributed by atoms with Gasteiger partial charge in [0.2, 0.25) is 0 Å². The van der Waals surface area contributed by atoms with Crippen molar-refractivity contribution in [1.29, 1.82) is 0 Å². The number of hydrogen-bond acceptors (Lipinski definition) is 7. The molecule has 5 rings (SSSR count). The van der Waals surface area contributed by atoms with E-state index in [0.717, 1.165) is 32.4 Å². The number of esters is 1. The molecule has 0 fully saturated rings. The second-order valence-corrected chi connectivity index (χ2v) is 9.35. The number of thiazole rings is 1. The Morgan fingerprint density at radius 1 is 1.14 bits per heavy atom. The van der Waals surface area contributed by atoms with E-state index in [-0.39, 0.29) is 19.1 Å². The van der Waals surface area contributed by atoms with E-state index < -0.39 is 12.0 Å². The number of carbonyl (C=O) groups excluding carboxylic acids is 2. The van der Waals surface area contributed by atoms with Crippen molar-refractivity contribution in [3.05, 3.63) is 83.4 Å². The average Bonchev–Trinajstić information content (AvgIpc) is 3.29. The van der Waals surface area contributed by atoms with Crippen LogP contribution in [0.5, 0.6) is 5.75 Å². The van der Waals surface area contributed by atoms with Gasteiger partial charge >= 0.3 is 5.97 Å². The van der Waals surface area contributed by atoms with Crippen LogP contribution in [0.1, 0.15) is 17.4 Å². The summed E-state index contributed by atoms with van der Waals surface area (Å²) < 4.78 is 11.2. The second kappa shape index (κ2) is 9.68. The molecule has 0 saturated heterocycles. The van der Waals surface area contributed by atoms with E-state index in [4.69, 9.17) is 14.5 Å². The van der Waals surface area contributed by atoms with Crippen molar-refractivity contribution in [2.75, 3.05) is 11.5 Å². The minimum atomic E-state index is -0.815. The van der Waals surface area contributed by atoms with Crippen molar-refractivity contribution in [2.24, 2.45) is 0 Å². The van der Waals surface area contributed by atoms with Crippen molar-refractivity contribution < 1.29 is 19.1 Å². The van der Waals surface area contributed by atoms with Crippen molar-refractivity contribution in [3.63, 3.8) is 0 Å². The van der Waals surface area contributed by atoms with Crippen LogP contribution in [0.3, 0.4) is 0 Å². The normalized spacial score (nSPS) is 13.7. The van der Waals surface area contributed by atoms with Crippen LogP contribution in [0, 0.1) is 6.92 Å². The monoisotopic (exact) mass is 485 g/mol. The van der Waals surface area contributed by atoms with E-state index >= 15 is 0 Å². The van der Waals surface area contributed by atoms with E-state index in [1.807, 2.05) is 73.7 Å². The maximum atomic E-state index is 12.9. The van der Waals surface area contributed by atoms with E-state index in [9.17, 15) is 9.59 Å². The smallest absolute Gasteiger partial charge is 0.329 e. The largest absolute Gasteiger partial charge is 0.482 e. The quantitative estimate of drug-likeness (QED) is 0.356. The van der Waals surface area contributed by atoms with Crippen molar-refractivity contribution >= 4 is 28.9 Å². The van der Waals surface area contributed by atoms with Crippen LogP contribution >= 0.6 is 11.3 Å². The Labute approximate surface area is 207 Å². The van der Waals surface area contributed by atoms with Crippen LogP contribution in [-0.2, 0) is 20.9 Å². The van der Waals surface area contributed by atoms with Crippen molar-refractivity contribution in [1.82, 2.24) is 9.97 Å². The molecule has 7 nitrogen and oxygen atoms in total. The lowest BCUT2D eigenvalue weighted by atomic mass is 10.1. The SMILES string of the molecule is Cc1sc(-c2ccccn2)nc1-c1ccc2c(c1)N(C(C)C(=O)OCc1ccccc1)C(=O)CO2. The van der Waals surface area contributed by atoms with Crippen LogP contribution in [0.4, 0.5) is 5.69 Å². The fourth-order valence-electron chi connectivity index (χ4n) is 3.96. The first kappa shape index (κ1) is 22.7. The molecular formula is C27H23N3O4S. The molecule has 0 radical (unpaired) electrons. The summed E-state index contributed by atoms with van der Waals surface area (Å²) in [6.07, 6.45) is 1.74. The highest BCUT2D eigenvalue weighted by molar-refractivity contribution is 7.15. The first-order chi connectivity index (χ1) is 17.0. The fourth-order valence-corrected chi connectivity index (χ4v) is 4.87. The number of hydrogen-bond donors (Lipinski definition) is 0. The summed E-state index contributed by atoms with van der Waals surface area (Å²) >= 11 is 1.56. The molecule has 0 saturated carbocycles. The zero-order valence-corrected chi connectivity index (χ0v) is 20.1. The van der Waals surface area contributed by atoms with Gasteiger partial charge in [-0.2, -0.15) is 0 Å². The Morgan fingerprint density at radius 2 is 1.94 bits per heavy atom. The van der Waals surface area contributed by atoms with E-state index in [1.165, 1.54) is 4.90 Å². The predicted octanol–water partition coefficient (Wildman–Crippen LogP) is 5.04. The Morgan fingerprint density at radius 3 is 2.71 bits per heavy atom. The number of aromatic nitrogens is 2. The van der Waals surface area contributed by atoms with Gasteiger partial charge in [-0.15, -0.1) is 11.3 Å². The third-order valence-corrected chi connectivity index (χ3v) is 6.74. The highest BCUT2D eigenvalue weighted by Gasteiger charge is 2.34. The van der Waals surface area contributed by atoms with Gasteiger partial charge in [0.05, 0.1) is 17.1 Å². The summed E-state index contributed by atoms with van der Waals surface area (Å²) in [5.74, 6) is -0.250. The molecule has 35 heavy (non-hydrogen) atoms. The van der Waals surface area contributed by atoms with Gasteiger partial charge < -0.3 is 9.47 Å². The molecule has 176 valence electrons. The number of pyridine rings is 1. The van der Waals surface area contributed by atoms with Crippen LogP contribution in [0.2, 0.25) is 0 Å². The molecule has 1 amide bonds. The van der Waals surface area contributed by atoms with E-state index in [1.54, 1.807) is 24.5 Å². The highest BCUT2D eigenvalue weighted by atomic mass is 32.1. The van der Waals surface area contributed by atoms with E-state index in [0.29, 0.717) is 11.4 Å². The Hall–Kier alpha value is -4.04. The molecular weight excluding hydrogens is 462 g/mol. The molecule has 2 aromatic carbocycles. The number of benzene rings is 2. The molecule has 3 heterocycles. The molecule has 4 aromatic rings. The molecule has 1 aliphatic rings. The zero-order valence-electron chi connectivity index (χ0n) is 19.3. The van der Waals surface area contributed by atoms with Gasteiger partial charge in [-0.25, -0.2) is 9.78 Å². The lowest BCUT2D eigenvalue weighted by Gasteiger charge is -2.33. The summed E-state index contributed by atoms with van der Waals surface area (Å²) in [7, 11) is 0. The standard InChI is InChI=1S/C27H23N3O4S/c1-17(27(32)34-15-19-8-4-3-5-9-19)30-22-14-20(11-12-23(22)33-16-24(30)31)25-18(2)35-26(29-25)21-10-6-7-13-28-21/h3-14,17H,15-16H2,1-2H3. The molecule has 0 spiro atoms. The minimum absolute atomic E-state index is 0.137. The molecule has 0 aliphatic carbocycles. The molecule has 1 aliphatic heterocycles. The molecule has 0 N–H and O–H groups in total. The Kier molecular flexibility index (Phi) is 6.29. The summed E-state index contributed by atoms with van der Waals surface area (Å²) in [6, 6.07) is 19.9. The van der Waals surface area contributed by atoms with Crippen molar-refractivity contribution in [3.8, 4) is 27.7 Å². The van der Waals surface area contributed by atoms with Gasteiger partial charge in [-0.3, -0.25) is 14.7 Å². The number of ether oxygens (including phenoxy) is 2. The number of rotatable bonds is 6. The lowest BCUT2D eigenvalue weighted by Crippen LogP contribution is -2.48. The van der Waals surface area contributed by atoms with Gasteiger partial charge in [-0.05, 0) is 49.7 Å². The second-order valence-electron chi connectivity index (χ2n) is 8.14. The number of aryl methyl sites for hydroxylation is 1. The number of nitrogens with zero attached hydrogens (tertiary/aromatic N) is 3. The summed E-state index contributed by atoms with van der Waals surface area (Å²) in [6.45, 7) is 3.67. The third-order valence-electron chi connectivity index (χ3n) is 5.74. The lowest BCUT2D eigenvalue weighted by molar-refractivity contribution is -0.147.